The van der Waals surface area contributed by atoms with Crippen LogP contribution >= 0.6 is 0 Å². The fraction of sp³-hybridized carbons (Fsp3) is 0.333. The summed E-state index contributed by atoms with van der Waals surface area (Å²) >= 11 is 0. The lowest BCUT2D eigenvalue weighted by atomic mass is 9.97. The van der Waals surface area contributed by atoms with Gasteiger partial charge in [-0.1, -0.05) is 20.4 Å². The van der Waals surface area contributed by atoms with Crippen molar-refractivity contribution in [2.75, 3.05) is 0 Å². The van der Waals surface area contributed by atoms with Gasteiger partial charge in [-0.25, -0.2) is 4.39 Å². The Balaban J connectivity index is 3.08. The fourth-order valence-corrected chi connectivity index (χ4v) is 1.32. The van der Waals surface area contributed by atoms with E-state index in [4.69, 9.17) is 4.74 Å². The molecule has 0 aliphatic carbocycles. The molecule has 1 aromatic rings. The summed E-state index contributed by atoms with van der Waals surface area (Å²) in [5, 5.41) is 0. The van der Waals surface area contributed by atoms with E-state index >= 15 is 0 Å². The molecule has 0 aliphatic heterocycles. The Kier molecular flexibility index (Phi) is 3.69. The van der Waals surface area contributed by atoms with Crippen LogP contribution in [-0.2, 0) is 0 Å². The molecule has 14 heavy (non-hydrogen) atoms. The minimum atomic E-state index is -0.225. The molecule has 0 fully saturated rings. The maximum atomic E-state index is 13.0. The average Bonchev–Trinajstić information content (AvgIpc) is 2.20. The highest BCUT2D eigenvalue weighted by Crippen LogP contribution is 2.29. The highest BCUT2D eigenvalue weighted by atomic mass is 19.1. The summed E-state index contributed by atoms with van der Waals surface area (Å²) in [4.78, 5) is 0. The number of rotatable bonds is 4. The zero-order valence-corrected chi connectivity index (χ0v) is 8.59. The molecule has 0 saturated carbocycles. The van der Waals surface area contributed by atoms with E-state index in [2.05, 4.69) is 13.5 Å². The van der Waals surface area contributed by atoms with Crippen LogP contribution < -0.4 is 4.74 Å². The van der Waals surface area contributed by atoms with Crippen molar-refractivity contribution < 1.29 is 9.13 Å². The van der Waals surface area contributed by atoms with Crippen molar-refractivity contribution >= 4 is 0 Å². The smallest absolute Gasteiger partial charge is 0.130 e. The predicted octanol–water partition coefficient (Wildman–Crippen LogP) is 3.86. The van der Waals surface area contributed by atoms with E-state index in [1.54, 1.807) is 6.07 Å². The van der Waals surface area contributed by atoms with Gasteiger partial charge in [0.05, 0.1) is 6.26 Å². The molecule has 0 amide bonds. The third-order valence-corrected chi connectivity index (χ3v) is 2.33. The molecular weight excluding hydrogens is 179 g/mol. The van der Waals surface area contributed by atoms with Gasteiger partial charge < -0.3 is 4.74 Å². The minimum Gasteiger partial charge on any atom is -0.465 e. The van der Waals surface area contributed by atoms with Crippen LogP contribution in [0.1, 0.15) is 31.7 Å². The molecule has 0 heterocycles. The highest BCUT2D eigenvalue weighted by molar-refractivity contribution is 5.36. The third-order valence-electron chi connectivity index (χ3n) is 2.33. The maximum absolute atomic E-state index is 13.0. The Labute approximate surface area is 84.2 Å². The lowest BCUT2D eigenvalue weighted by Gasteiger charge is -2.13. The molecule has 0 saturated heterocycles. The second-order valence-electron chi connectivity index (χ2n) is 3.28. The van der Waals surface area contributed by atoms with Crippen LogP contribution in [0.15, 0.2) is 31.0 Å². The quantitative estimate of drug-likeness (QED) is 0.661. The molecular formula is C12H15FO. The zero-order valence-electron chi connectivity index (χ0n) is 8.59. The summed E-state index contributed by atoms with van der Waals surface area (Å²) in [6, 6.07) is 4.55. The van der Waals surface area contributed by atoms with Crippen LogP contribution in [0.25, 0.3) is 0 Å². The predicted molar refractivity (Wildman–Crippen MR) is 55.9 cm³/mol. The number of ether oxygens (including phenoxy) is 1. The Morgan fingerprint density at radius 1 is 1.57 bits per heavy atom. The second-order valence-corrected chi connectivity index (χ2v) is 3.28. The second kappa shape index (κ2) is 4.80. The Bertz CT molecular complexity index is 320. The molecule has 0 aliphatic rings. The van der Waals surface area contributed by atoms with Crippen molar-refractivity contribution in [2.45, 2.75) is 26.2 Å². The van der Waals surface area contributed by atoms with E-state index in [0.29, 0.717) is 11.7 Å². The molecule has 0 radical (unpaired) electrons. The Hall–Kier alpha value is -1.31. The molecule has 0 aromatic heterocycles. The first-order valence-corrected chi connectivity index (χ1v) is 4.76. The zero-order chi connectivity index (χ0) is 10.6. The molecule has 76 valence electrons. The van der Waals surface area contributed by atoms with Crippen molar-refractivity contribution in [3.8, 4) is 5.75 Å². The molecule has 0 bridgehead atoms. The maximum Gasteiger partial charge on any atom is 0.130 e. The van der Waals surface area contributed by atoms with E-state index in [9.17, 15) is 4.39 Å². The minimum absolute atomic E-state index is 0.225. The van der Waals surface area contributed by atoms with Gasteiger partial charge >= 0.3 is 0 Å². The fourth-order valence-electron chi connectivity index (χ4n) is 1.32. The Morgan fingerprint density at radius 2 is 2.29 bits per heavy atom. The molecule has 2 heteroatoms. The van der Waals surface area contributed by atoms with Crippen molar-refractivity contribution in [3.05, 3.63) is 42.4 Å². The van der Waals surface area contributed by atoms with Gasteiger partial charge in [-0.3, -0.25) is 0 Å². The van der Waals surface area contributed by atoms with Crippen LogP contribution in [0, 0.1) is 5.82 Å². The molecule has 1 rings (SSSR count). The topological polar surface area (TPSA) is 9.23 Å². The van der Waals surface area contributed by atoms with Gasteiger partial charge in [-0.15, -0.1) is 0 Å². The number of hydrogen-bond acceptors (Lipinski definition) is 1. The van der Waals surface area contributed by atoms with Crippen molar-refractivity contribution in [1.29, 1.82) is 0 Å². The standard InChI is InChI=1S/C12H15FO/c1-4-9(3)11-8-10(13)6-7-12(11)14-5-2/h5-9H,2,4H2,1,3H3. The van der Waals surface area contributed by atoms with Gasteiger partial charge in [0, 0.05) is 5.56 Å². The summed E-state index contributed by atoms with van der Waals surface area (Å²) in [5.74, 6) is 0.758. The van der Waals surface area contributed by atoms with E-state index in [0.717, 1.165) is 12.0 Å². The van der Waals surface area contributed by atoms with Gasteiger partial charge in [-0.05, 0) is 30.5 Å². The van der Waals surface area contributed by atoms with E-state index in [-0.39, 0.29) is 5.82 Å². The van der Waals surface area contributed by atoms with Gasteiger partial charge in [-0.2, -0.15) is 0 Å². The largest absolute Gasteiger partial charge is 0.465 e. The van der Waals surface area contributed by atoms with Crippen LogP contribution in [0.4, 0.5) is 4.39 Å². The SMILES string of the molecule is C=COc1ccc(F)cc1C(C)CC. The summed E-state index contributed by atoms with van der Waals surface area (Å²) in [7, 11) is 0. The number of halogens is 1. The molecule has 0 N–H and O–H groups in total. The van der Waals surface area contributed by atoms with Crippen molar-refractivity contribution in [3.63, 3.8) is 0 Å². The third kappa shape index (κ3) is 2.34. The summed E-state index contributed by atoms with van der Waals surface area (Å²) in [5.41, 5.74) is 0.896. The molecule has 0 spiro atoms. The van der Waals surface area contributed by atoms with Crippen LogP contribution in [0.3, 0.4) is 0 Å². The van der Waals surface area contributed by atoms with Crippen LogP contribution in [-0.4, -0.2) is 0 Å². The molecule has 1 unspecified atom stereocenters. The lowest BCUT2D eigenvalue weighted by molar-refractivity contribution is 0.468. The average molecular weight is 194 g/mol. The molecule has 1 nitrogen and oxygen atoms in total. The summed E-state index contributed by atoms with van der Waals surface area (Å²) < 4.78 is 18.2. The first kappa shape index (κ1) is 10.8. The highest BCUT2D eigenvalue weighted by Gasteiger charge is 2.10. The van der Waals surface area contributed by atoms with E-state index < -0.39 is 0 Å². The van der Waals surface area contributed by atoms with Gasteiger partial charge in [0.15, 0.2) is 0 Å². The van der Waals surface area contributed by atoms with Crippen molar-refractivity contribution in [2.24, 2.45) is 0 Å². The van der Waals surface area contributed by atoms with Gasteiger partial charge in [0.25, 0.3) is 0 Å². The van der Waals surface area contributed by atoms with Crippen LogP contribution in [0.5, 0.6) is 5.75 Å². The Morgan fingerprint density at radius 3 is 2.86 bits per heavy atom. The lowest BCUT2D eigenvalue weighted by Crippen LogP contribution is -1.96. The molecule has 1 aromatic carbocycles. The number of hydrogen-bond donors (Lipinski definition) is 0. The van der Waals surface area contributed by atoms with Crippen molar-refractivity contribution in [1.82, 2.24) is 0 Å². The van der Waals surface area contributed by atoms with Gasteiger partial charge in [0.1, 0.15) is 11.6 Å². The van der Waals surface area contributed by atoms with E-state index in [1.165, 1.54) is 18.4 Å². The summed E-state index contributed by atoms with van der Waals surface area (Å²) in [6.45, 7) is 7.60. The first-order valence-electron chi connectivity index (χ1n) is 4.76. The summed E-state index contributed by atoms with van der Waals surface area (Å²) in [6.07, 6.45) is 2.32. The molecule has 1 atom stereocenters. The first-order chi connectivity index (χ1) is 6.69. The van der Waals surface area contributed by atoms with Gasteiger partial charge in [0.2, 0.25) is 0 Å². The monoisotopic (exact) mass is 194 g/mol. The van der Waals surface area contributed by atoms with E-state index in [1.807, 2.05) is 6.92 Å². The number of benzene rings is 1. The normalized spacial score (nSPS) is 12.2. The van der Waals surface area contributed by atoms with Crippen LogP contribution in [0.2, 0.25) is 0 Å².